The number of rotatable bonds is 9. The van der Waals surface area contributed by atoms with Crippen molar-refractivity contribution in [1.29, 1.82) is 0 Å². The molecule has 1 unspecified atom stereocenters. The van der Waals surface area contributed by atoms with Crippen molar-refractivity contribution in [1.82, 2.24) is 15.5 Å². The highest BCUT2D eigenvalue weighted by Gasteiger charge is 2.31. The SMILES string of the molecule is CCNC(=NCC1(CCO)CCCCC1)NCC1CCCN(CC(C)C)C1. The Morgan fingerprint density at radius 3 is 2.63 bits per heavy atom. The lowest BCUT2D eigenvalue weighted by molar-refractivity contribution is 0.137. The van der Waals surface area contributed by atoms with Gasteiger partial charge in [0.25, 0.3) is 0 Å². The van der Waals surface area contributed by atoms with E-state index in [9.17, 15) is 5.11 Å². The van der Waals surface area contributed by atoms with E-state index in [4.69, 9.17) is 4.99 Å². The Bertz CT molecular complexity index is 427. The van der Waals surface area contributed by atoms with Crippen molar-refractivity contribution in [3.8, 4) is 0 Å². The van der Waals surface area contributed by atoms with E-state index >= 15 is 0 Å². The van der Waals surface area contributed by atoms with Crippen LogP contribution in [0.4, 0.5) is 0 Å². The topological polar surface area (TPSA) is 59.9 Å². The molecule has 1 saturated carbocycles. The van der Waals surface area contributed by atoms with Gasteiger partial charge < -0.3 is 20.6 Å². The van der Waals surface area contributed by atoms with Gasteiger partial charge in [-0.3, -0.25) is 4.99 Å². The molecule has 2 aliphatic rings. The Morgan fingerprint density at radius 1 is 1.19 bits per heavy atom. The molecule has 5 heteroatoms. The smallest absolute Gasteiger partial charge is 0.191 e. The molecule has 1 saturated heterocycles. The number of piperidine rings is 1. The molecule has 0 aromatic heterocycles. The average Bonchev–Trinajstić information content (AvgIpc) is 2.65. The molecular weight excluding hydrogens is 336 g/mol. The van der Waals surface area contributed by atoms with Gasteiger partial charge >= 0.3 is 0 Å². The molecule has 0 aromatic rings. The molecule has 1 aliphatic carbocycles. The molecule has 1 atom stereocenters. The van der Waals surface area contributed by atoms with Crippen LogP contribution in [0, 0.1) is 17.3 Å². The molecule has 5 nitrogen and oxygen atoms in total. The summed E-state index contributed by atoms with van der Waals surface area (Å²) >= 11 is 0. The van der Waals surface area contributed by atoms with Gasteiger partial charge in [-0.25, -0.2) is 0 Å². The minimum absolute atomic E-state index is 0.217. The van der Waals surface area contributed by atoms with Gasteiger partial charge in [-0.2, -0.15) is 0 Å². The maximum atomic E-state index is 9.53. The van der Waals surface area contributed by atoms with Crippen LogP contribution in [0.3, 0.4) is 0 Å². The van der Waals surface area contributed by atoms with Gasteiger partial charge in [0, 0.05) is 39.3 Å². The fourth-order valence-electron chi connectivity index (χ4n) is 4.86. The van der Waals surface area contributed by atoms with E-state index in [1.54, 1.807) is 0 Å². The monoisotopic (exact) mass is 380 g/mol. The summed E-state index contributed by atoms with van der Waals surface area (Å²) in [5.74, 6) is 2.41. The zero-order valence-corrected chi connectivity index (χ0v) is 18.1. The van der Waals surface area contributed by atoms with E-state index in [0.29, 0.717) is 5.92 Å². The highest BCUT2D eigenvalue weighted by atomic mass is 16.3. The summed E-state index contributed by atoms with van der Waals surface area (Å²) in [4.78, 5) is 7.58. The maximum absolute atomic E-state index is 9.53. The summed E-state index contributed by atoms with van der Waals surface area (Å²) < 4.78 is 0. The number of nitrogens with one attached hydrogen (secondary N) is 2. The quantitative estimate of drug-likeness (QED) is 0.424. The number of aliphatic hydroxyl groups excluding tert-OH is 1. The van der Waals surface area contributed by atoms with E-state index in [2.05, 4.69) is 36.3 Å². The molecule has 0 spiro atoms. The first-order valence-corrected chi connectivity index (χ1v) is 11.4. The third kappa shape index (κ3) is 7.98. The second kappa shape index (κ2) is 11.9. The summed E-state index contributed by atoms with van der Waals surface area (Å²) in [5, 5.41) is 16.6. The lowest BCUT2D eigenvalue weighted by Gasteiger charge is -2.36. The summed E-state index contributed by atoms with van der Waals surface area (Å²) in [5.41, 5.74) is 0.217. The Kier molecular flexibility index (Phi) is 9.91. The summed E-state index contributed by atoms with van der Waals surface area (Å²) in [6.45, 7) is 13.5. The highest BCUT2D eigenvalue weighted by molar-refractivity contribution is 5.79. The largest absolute Gasteiger partial charge is 0.396 e. The second-order valence-electron chi connectivity index (χ2n) is 9.27. The molecular formula is C22H44N4O. The van der Waals surface area contributed by atoms with Crippen molar-refractivity contribution in [3.05, 3.63) is 0 Å². The Hall–Kier alpha value is -0.810. The number of aliphatic hydroxyl groups is 1. The van der Waals surface area contributed by atoms with Crippen LogP contribution in [0.2, 0.25) is 0 Å². The van der Waals surface area contributed by atoms with Crippen LogP contribution in [-0.2, 0) is 0 Å². The van der Waals surface area contributed by atoms with E-state index in [0.717, 1.165) is 37.9 Å². The first-order chi connectivity index (χ1) is 13.1. The van der Waals surface area contributed by atoms with Crippen molar-refractivity contribution in [2.24, 2.45) is 22.2 Å². The Labute approximate surface area is 167 Å². The zero-order chi connectivity index (χ0) is 19.5. The van der Waals surface area contributed by atoms with E-state index in [-0.39, 0.29) is 12.0 Å². The van der Waals surface area contributed by atoms with Gasteiger partial charge in [-0.05, 0) is 62.8 Å². The van der Waals surface area contributed by atoms with Crippen LogP contribution >= 0.6 is 0 Å². The van der Waals surface area contributed by atoms with Gasteiger partial charge in [-0.15, -0.1) is 0 Å². The highest BCUT2D eigenvalue weighted by Crippen LogP contribution is 2.39. The summed E-state index contributed by atoms with van der Waals surface area (Å²) in [6, 6.07) is 0. The van der Waals surface area contributed by atoms with Gasteiger partial charge in [0.1, 0.15) is 0 Å². The summed E-state index contributed by atoms with van der Waals surface area (Å²) in [7, 11) is 0. The second-order valence-corrected chi connectivity index (χ2v) is 9.27. The zero-order valence-electron chi connectivity index (χ0n) is 18.1. The number of likely N-dealkylation sites (tertiary alicyclic amines) is 1. The third-order valence-corrected chi connectivity index (χ3v) is 6.26. The number of hydrogen-bond donors (Lipinski definition) is 3. The van der Waals surface area contributed by atoms with Crippen molar-refractivity contribution in [2.45, 2.75) is 72.1 Å². The van der Waals surface area contributed by atoms with Crippen molar-refractivity contribution < 1.29 is 5.11 Å². The van der Waals surface area contributed by atoms with Crippen LogP contribution in [-0.4, -0.2) is 61.8 Å². The average molecular weight is 381 g/mol. The van der Waals surface area contributed by atoms with Gasteiger partial charge in [-0.1, -0.05) is 33.1 Å². The fourth-order valence-corrected chi connectivity index (χ4v) is 4.86. The molecule has 158 valence electrons. The molecule has 1 heterocycles. The predicted octanol–water partition coefficient (Wildman–Crippen LogP) is 3.24. The van der Waals surface area contributed by atoms with Crippen LogP contribution in [0.5, 0.6) is 0 Å². The molecule has 0 bridgehead atoms. The third-order valence-electron chi connectivity index (χ3n) is 6.26. The van der Waals surface area contributed by atoms with Crippen molar-refractivity contribution in [2.75, 3.05) is 45.9 Å². The first kappa shape index (κ1) is 22.5. The molecule has 1 aliphatic heterocycles. The van der Waals surface area contributed by atoms with Crippen LogP contribution < -0.4 is 10.6 Å². The number of aliphatic imine (C=N–C) groups is 1. The van der Waals surface area contributed by atoms with Crippen LogP contribution in [0.25, 0.3) is 0 Å². The number of guanidine groups is 1. The minimum atomic E-state index is 0.217. The van der Waals surface area contributed by atoms with Gasteiger partial charge in [0.2, 0.25) is 0 Å². The minimum Gasteiger partial charge on any atom is -0.396 e. The molecule has 0 amide bonds. The molecule has 3 N–H and O–H groups in total. The standard InChI is InChI=1S/C22H44N4O/c1-4-23-21(25-18-22(12-14-27)10-6-5-7-11-22)24-15-20-9-8-13-26(17-20)16-19(2)3/h19-20,27H,4-18H2,1-3H3,(H2,23,24,25). The Balaban J connectivity index is 1.87. The van der Waals surface area contributed by atoms with Crippen molar-refractivity contribution in [3.63, 3.8) is 0 Å². The van der Waals surface area contributed by atoms with Crippen molar-refractivity contribution >= 4 is 5.96 Å². The van der Waals surface area contributed by atoms with Gasteiger partial charge in [0.05, 0.1) is 0 Å². The molecule has 0 radical (unpaired) electrons. The number of nitrogens with zero attached hydrogens (tertiary/aromatic N) is 2. The summed E-state index contributed by atoms with van der Waals surface area (Å²) in [6.07, 6.45) is 9.85. The lowest BCUT2D eigenvalue weighted by Crippen LogP contribution is -2.45. The maximum Gasteiger partial charge on any atom is 0.191 e. The molecule has 0 aromatic carbocycles. The van der Waals surface area contributed by atoms with Crippen LogP contribution in [0.1, 0.15) is 72.1 Å². The Morgan fingerprint density at radius 2 is 1.96 bits per heavy atom. The normalized spacial score (nSPS) is 24.2. The van der Waals surface area contributed by atoms with E-state index in [1.165, 1.54) is 64.6 Å². The molecule has 2 rings (SSSR count). The molecule has 27 heavy (non-hydrogen) atoms. The first-order valence-electron chi connectivity index (χ1n) is 11.4. The fraction of sp³-hybridized carbons (Fsp3) is 0.955. The lowest BCUT2D eigenvalue weighted by atomic mass is 9.72. The predicted molar refractivity (Wildman–Crippen MR) is 115 cm³/mol. The van der Waals surface area contributed by atoms with E-state index < -0.39 is 0 Å². The molecule has 2 fully saturated rings. The van der Waals surface area contributed by atoms with E-state index in [1.807, 2.05) is 0 Å². The number of hydrogen-bond acceptors (Lipinski definition) is 3. The van der Waals surface area contributed by atoms with Gasteiger partial charge in [0.15, 0.2) is 5.96 Å². The van der Waals surface area contributed by atoms with Crippen LogP contribution in [0.15, 0.2) is 4.99 Å².